The molecule has 0 saturated carbocycles. The number of halogens is 2. The van der Waals surface area contributed by atoms with Gasteiger partial charge in [0.2, 0.25) is 0 Å². The Morgan fingerprint density at radius 1 is 1.14 bits per heavy atom. The van der Waals surface area contributed by atoms with Crippen LogP contribution in [0.25, 0.3) is 16.6 Å². The first-order valence-electron chi connectivity index (χ1n) is 6.65. The molecule has 0 fully saturated rings. The Bertz CT molecular complexity index is 884. The molecule has 0 amide bonds. The molecule has 0 radical (unpaired) electrons. The maximum absolute atomic E-state index is 11.6. The molecule has 1 aromatic carbocycles. The van der Waals surface area contributed by atoms with Crippen LogP contribution in [-0.2, 0) is 0 Å². The van der Waals surface area contributed by atoms with Crippen molar-refractivity contribution in [3.05, 3.63) is 57.8 Å². The summed E-state index contributed by atoms with van der Waals surface area (Å²) in [5.74, 6) is 0.502. The number of methoxy groups -OCH3 is 1. The molecular formula is C17H13Cl2NO2. The van der Waals surface area contributed by atoms with Crippen LogP contribution in [0.3, 0.4) is 0 Å². The van der Waals surface area contributed by atoms with E-state index in [0.717, 1.165) is 22.9 Å². The molecule has 0 aliphatic heterocycles. The highest BCUT2D eigenvalue weighted by molar-refractivity contribution is 6.36. The smallest absolute Gasteiger partial charge is 0.167 e. The predicted molar refractivity (Wildman–Crippen MR) is 89.5 cm³/mol. The van der Waals surface area contributed by atoms with Crippen LogP contribution in [0, 0.1) is 6.92 Å². The summed E-state index contributed by atoms with van der Waals surface area (Å²) < 4.78 is 7.23. The number of ether oxygens (including phenoxy) is 1. The number of rotatable bonds is 3. The van der Waals surface area contributed by atoms with E-state index in [0.29, 0.717) is 27.1 Å². The molecule has 2 aromatic heterocycles. The second-order valence-electron chi connectivity index (χ2n) is 5.03. The molecule has 112 valence electrons. The van der Waals surface area contributed by atoms with Crippen molar-refractivity contribution in [2.24, 2.45) is 0 Å². The highest BCUT2D eigenvalue weighted by Crippen LogP contribution is 2.40. The van der Waals surface area contributed by atoms with Gasteiger partial charge in [-0.3, -0.25) is 4.79 Å². The first kappa shape index (κ1) is 14.9. The van der Waals surface area contributed by atoms with E-state index in [4.69, 9.17) is 27.9 Å². The first-order valence-corrected chi connectivity index (χ1v) is 7.41. The van der Waals surface area contributed by atoms with Gasteiger partial charge in [0.25, 0.3) is 0 Å². The van der Waals surface area contributed by atoms with Gasteiger partial charge in [0.1, 0.15) is 5.75 Å². The standard InChI is InChI=1S/C17H13Cl2NO2/c1-10-3-4-20-12(5-10)8-13(16(20)9-21)14-6-11(18)7-15(19)17(14)22-2/h3-9H,1-2H3. The number of nitrogens with zero attached hydrogens (tertiary/aromatic N) is 1. The second kappa shape index (κ2) is 5.67. The lowest BCUT2D eigenvalue weighted by atomic mass is 10.0. The van der Waals surface area contributed by atoms with Gasteiger partial charge in [-0.05, 0) is 42.8 Å². The van der Waals surface area contributed by atoms with Gasteiger partial charge < -0.3 is 9.14 Å². The molecule has 0 aliphatic carbocycles. The van der Waals surface area contributed by atoms with Gasteiger partial charge in [-0.2, -0.15) is 0 Å². The molecule has 0 spiro atoms. The largest absolute Gasteiger partial charge is 0.495 e. The van der Waals surface area contributed by atoms with E-state index in [9.17, 15) is 4.79 Å². The minimum absolute atomic E-state index is 0.410. The van der Waals surface area contributed by atoms with Crippen LogP contribution >= 0.6 is 23.2 Å². The fourth-order valence-electron chi connectivity index (χ4n) is 2.62. The number of fused-ring (bicyclic) bond motifs is 1. The van der Waals surface area contributed by atoms with Crippen molar-refractivity contribution in [3.63, 3.8) is 0 Å². The summed E-state index contributed by atoms with van der Waals surface area (Å²) in [5, 5.41) is 0.900. The third-order valence-electron chi connectivity index (χ3n) is 3.58. The number of aromatic nitrogens is 1. The lowest BCUT2D eigenvalue weighted by Crippen LogP contribution is -1.94. The molecule has 0 atom stereocenters. The Hall–Kier alpha value is -1.97. The van der Waals surface area contributed by atoms with Gasteiger partial charge in [-0.1, -0.05) is 23.2 Å². The number of aryl methyl sites for hydroxylation is 1. The van der Waals surface area contributed by atoms with Gasteiger partial charge in [0.05, 0.1) is 17.8 Å². The molecular weight excluding hydrogens is 321 g/mol. The van der Waals surface area contributed by atoms with Gasteiger partial charge in [0.15, 0.2) is 6.29 Å². The summed E-state index contributed by atoms with van der Waals surface area (Å²) in [7, 11) is 1.54. The molecule has 0 aliphatic rings. The van der Waals surface area contributed by atoms with E-state index < -0.39 is 0 Å². The number of hydrogen-bond acceptors (Lipinski definition) is 2. The number of hydrogen-bond donors (Lipinski definition) is 0. The van der Waals surface area contributed by atoms with E-state index in [1.54, 1.807) is 19.2 Å². The molecule has 3 nitrogen and oxygen atoms in total. The summed E-state index contributed by atoms with van der Waals surface area (Å²) in [6.45, 7) is 2.00. The van der Waals surface area contributed by atoms with Crippen molar-refractivity contribution in [2.75, 3.05) is 7.11 Å². The minimum atomic E-state index is 0.410. The maximum atomic E-state index is 11.6. The van der Waals surface area contributed by atoms with Crippen molar-refractivity contribution in [2.45, 2.75) is 6.92 Å². The summed E-state index contributed by atoms with van der Waals surface area (Å²) in [6, 6.07) is 9.26. The molecule has 0 saturated heterocycles. The zero-order valence-corrected chi connectivity index (χ0v) is 13.6. The number of pyridine rings is 1. The van der Waals surface area contributed by atoms with Crippen LogP contribution in [0.5, 0.6) is 5.75 Å². The van der Waals surface area contributed by atoms with E-state index in [1.807, 2.05) is 35.7 Å². The monoisotopic (exact) mass is 333 g/mol. The SMILES string of the molecule is COc1c(Cl)cc(Cl)cc1-c1cc2cc(C)ccn2c1C=O. The Balaban J connectivity index is 2.37. The van der Waals surface area contributed by atoms with E-state index >= 15 is 0 Å². The van der Waals surface area contributed by atoms with Gasteiger partial charge in [-0.15, -0.1) is 0 Å². The van der Waals surface area contributed by atoms with Gasteiger partial charge in [-0.25, -0.2) is 0 Å². The maximum Gasteiger partial charge on any atom is 0.167 e. The fraction of sp³-hybridized carbons (Fsp3) is 0.118. The third-order valence-corrected chi connectivity index (χ3v) is 4.08. The first-order chi connectivity index (χ1) is 10.5. The summed E-state index contributed by atoms with van der Waals surface area (Å²) in [5.41, 5.74) is 4.01. The fourth-order valence-corrected chi connectivity index (χ4v) is 3.19. The van der Waals surface area contributed by atoms with E-state index in [-0.39, 0.29) is 0 Å². The molecule has 5 heteroatoms. The van der Waals surface area contributed by atoms with Crippen LogP contribution in [0.1, 0.15) is 16.1 Å². The summed E-state index contributed by atoms with van der Waals surface area (Å²) in [4.78, 5) is 11.6. The van der Waals surface area contributed by atoms with Gasteiger partial charge >= 0.3 is 0 Å². The van der Waals surface area contributed by atoms with E-state index in [2.05, 4.69) is 0 Å². The Labute approximate surface area is 138 Å². The number of benzene rings is 1. The molecule has 22 heavy (non-hydrogen) atoms. The highest BCUT2D eigenvalue weighted by atomic mass is 35.5. The summed E-state index contributed by atoms with van der Waals surface area (Å²) >= 11 is 12.3. The zero-order chi connectivity index (χ0) is 15.9. The second-order valence-corrected chi connectivity index (χ2v) is 5.87. The van der Waals surface area contributed by atoms with Crippen molar-refractivity contribution < 1.29 is 9.53 Å². The Kier molecular flexibility index (Phi) is 3.85. The topological polar surface area (TPSA) is 30.7 Å². The third kappa shape index (κ3) is 2.36. The summed E-state index contributed by atoms with van der Waals surface area (Å²) in [6.07, 6.45) is 2.70. The van der Waals surface area contributed by atoms with Crippen molar-refractivity contribution >= 4 is 35.0 Å². The Morgan fingerprint density at radius 2 is 1.91 bits per heavy atom. The average Bonchev–Trinajstić information content (AvgIpc) is 2.83. The normalized spacial score (nSPS) is 10.9. The molecule has 0 bridgehead atoms. The van der Waals surface area contributed by atoms with Crippen LogP contribution in [0.2, 0.25) is 10.0 Å². The lowest BCUT2D eigenvalue weighted by Gasteiger charge is -2.10. The predicted octanol–water partition coefficient (Wildman–Crippen LogP) is 5.04. The van der Waals surface area contributed by atoms with Crippen molar-refractivity contribution in [1.82, 2.24) is 4.40 Å². The van der Waals surface area contributed by atoms with Crippen LogP contribution in [0.4, 0.5) is 0 Å². The number of carbonyl (C=O) groups excluding carboxylic acids is 1. The zero-order valence-electron chi connectivity index (χ0n) is 12.1. The van der Waals surface area contributed by atoms with Crippen molar-refractivity contribution in [1.29, 1.82) is 0 Å². The van der Waals surface area contributed by atoms with Gasteiger partial charge in [0, 0.05) is 27.9 Å². The molecule has 3 rings (SSSR count). The van der Waals surface area contributed by atoms with Crippen molar-refractivity contribution in [3.8, 4) is 16.9 Å². The quantitative estimate of drug-likeness (QED) is 0.628. The van der Waals surface area contributed by atoms with Crippen LogP contribution in [0.15, 0.2) is 36.5 Å². The molecule has 3 aromatic rings. The van der Waals surface area contributed by atoms with Crippen LogP contribution < -0.4 is 4.74 Å². The van der Waals surface area contributed by atoms with Crippen LogP contribution in [-0.4, -0.2) is 17.8 Å². The lowest BCUT2D eigenvalue weighted by molar-refractivity contribution is 0.111. The number of carbonyl (C=O) groups is 1. The minimum Gasteiger partial charge on any atom is -0.495 e. The van der Waals surface area contributed by atoms with E-state index in [1.165, 1.54) is 0 Å². The highest BCUT2D eigenvalue weighted by Gasteiger charge is 2.18. The molecule has 0 N–H and O–H groups in total. The Morgan fingerprint density at radius 3 is 2.59 bits per heavy atom. The molecule has 0 unspecified atom stereocenters. The number of aldehydes is 1. The molecule has 2 heterocycles. The average molecular weight is 334 g/mol.